The van der Waals surface area contributed by atoms with Crippen LogP contribution in [0.5, 0.6) is 0 Å². The maximum absolute atomic E-state index is 10.6. The number of aromatic nitrogens is 1. The molecule has 3 heteroatoms. The molecule has 1 aliphatic rings. The number of nitrogens with zero attached hydrogens (tertiary/aromatic N) is 1. The molecule has 1 aliphatic carbocycles. The average Bonchev–Trinajstić information content (AvgIpc) is 3.17. The molecule has 1 aromatic heterocycles. The van der Waals surface area contributed by atoms with Gasteiger partial charge in [-0.2, -0.15) is 0 Å². The lowest BCUT2D eigenvalue weighted by Crippen LogP contribution is -1.85. The maximum Gasteiger partial charge on any atom is 0.129 e. The Morgan fingerprint density at radius 3 is 2.65 bits per heavy atom. The van der Waals surface area contributed by atoms with Crippen molar-refractivity contribution in [3.8, 4) is 0 Å². The third kappa shape index (κ3) is 1.83. The second-order valence-electron chi connectivity index (χ2n) is 5.81. The molecule has 0 aliphatic heterocycles. The van der Waals surface area contributed by atoms with Gasteiger partial charge in [-0.3, -0.25) is 0 Å². The molecule has 2 nitrogen and oxygen atoms in total. The molecular formula is C20H13NOS. The van der Waals surface area contributed by atoms with E-state index in [2.05, 4.69) is 30.3 Å². The molecule has 0 unspecified atom stereocenters. The molecule has 0 saturated heterocycles. The van der Waals surface area contributed by atoms with E-state index in [1.54, 1.807) is 11.3 Å². The summed E-state index contributed by atoms with van der Waals surface area (Å²) < 4.78 is 1.16. The van der Waals surface area contributed by atoms with Gasteiger partial charge in [-0.05, 0) is 17.0 Å². The van der Waals surface area contributed by atoms with Crippen LogP contribution in [0.15, 0.2) is 60.7 Å². The van der Waals surface area contributed by atoms with E-state index < -0.39 is 0 Å². The minimum absolute atomic E-state index is 0.379. The smallest absolute Gasteiger partial charge is 0.129 e. The van der Waals surface area contributed by atoms with Crippen LogP contribution in [0.4, 0.5) is 0 Å². The van der Waals surface area contributed by atoms with Gasteiger partial charge in [0.25, 0.3) is 0 Å². The summed E-state index contributed by atoms with van der Waals surface area (Å²) in [6.45, 7) is 0. The number of hydrogen-bond acceptors (Lipinski definition) is 3. The summed E-state index contributed by atoms with van der Waals surface area (Å²) in [7, 11) is 0. The Balaban J connectivity index is 1.73. The first-order chi connectivity index (χ1) is 11.3. The van der Waals surface area contributed by atoms with Crippen LogP contribution in [-0.2, 0) is 6.42 Å². The third-order valence-corrected chi connectivity index (χ3v) is 5.55. The quantitative estimate of drug-likeness (QED) is 0.508. The van der Waals surface area contributed by atoms with Crippen LogP contribution in [0.25, 0.3) is 32.3 Å². The number of benzene rings is 3. The highest BCUT2D eigenvalue weighted by Gasteiger charge is 2.24. The van der Waals surface area contributed by atoms with Crippen LogP contribution in [0.2, 0.25) is 0 Å². The van der Waals surface area contributed by atoms with Crippen LogP contribution >= 0.6 is 11.3 Å². The SMILES string of the molecule is OC1=C(c2nc3c(ccc4ccccc43)s2)Cc2ccccc21. The van der Waals surface area contributed by atoms with Crippen LogP contribution in [0.3, 0.4) is 0 Å². The number of rotatable bonds is 1. The average molecular weight is 315 g/mol. The molecule has 0 fully saturated rings. The Bertz CT molecular complexity index is 1110. The first-order valence-corrected chi connectivity index (χ1v) is 8.42. The largest absolute Gasteiger partial charge is 0.507 e. The summed E-state index contributed by atoms with van der Waals surface area (Å²) in [6.07, 6.45) is 0.750. The molecule has 1 N–H and O–H groups in total. The molecule has 1 heterocycles. The minimum Gasteiger partial charge on any atom is -0.507 e. The molecule has 110 valence electrons. The van der Waals surface area contributed by atoms with E-state index in [0.717, 1.165) is 32.8 Å². The van der Waals surface area contributed by atoms with Crippen molar-refractivity contribution in [1.82, 2.24) is 4.98 Å². The fourth-order valence-corrected chi connectivity index (χ4v) is 4.34. The molecule has 0 amide bonds. The molecule has 23 heavy (non-hydrogen) atoms. The van der Waals surface area contributed by atoms with E-state index >= 15 is 0 Å². The predicted molar refractivity (Wildman–Crippen MR) is 96.7 cm³/mol. The highest BCUT2D eigenvalue weighted by Crippen LogP contribution is 2.40. The van der Waals surface area contributed by atoms with Crippen molar-refractivity contribution in [3.05, 3.63) is 76.8 Å². The summed E-state index contributed by atoms with van der Waals surface area (Å²) in [5.41, 5.74) is 4.08. The van der Waals surface area contributed by atoms with E-state index in [1.807, 2.05) is 30.3 Å². The van der Waals surface area contributed by atoms with Gasteiger partial charge < -0.3 is 5.11 Å². The van der Waals surface area contributed by atoms with Gasteiger partial charge in [-0.1, -0.05) is 54.6 Å². The monoisotopic (exact) mass is 315 g/mol. The molecule has 0 saturated carbocycles. The van der Waals surface area contributed by atoms with Gasteiger partial charge in [0.1, 0.15) is 10.8 Å². The van der Waals surface area contributed by atoms with E-state index in [-0.39, 0.29) is 0 Å². The lowest BCUT2D eigenvalue weighted by Gasteiger charge is -1.97. The number of fused-ring (bicyclic) bond motifs is 4. The normalized spacial score (nSPS) is 13.9. The van der Waals surface area contributed by atoms with E-state index in [0.29, 0.717) is 5.76 Å². The zero-order valence-electron chi connectivity index (χ0n) is 12.3. The van der Waals surface area contributed by atoms with Crippen molar-refractivity contribution in [3.63, 3.8) is 0 Å². The highest BCUT2D eigenvalue weighted by atomic mass is 32.1. The lowest BCUT2D eigenvalue weighted by atomic mass is 10.1. The lowest BCUT2D eigenvalue weighted by molar-refractivity contribution is 0.515. The molecular weight excluding hydrogens is 302 g/mol. The topological polar surface area (TPSA) is 33.1 Å². The van der Waals surface area contributed by atoms with Crippen molar-refractivity contribution in [2.24, 2.45) is 0 Å². The molecule has 4 aromatic rings. The van der Waals surface area contributed by atoms with Crippen molar-refractivity contribution in [2.75, 3.05) is 0 Å². The minimum atomic E-state index is 0.379. The van der Waals surface area contributed by atoms with Crippen LogP contribution < -0.4 is 0 Å². The van der Waals surface area contributed by atoms with Crippen molar-refractivity contribution in [1.29, 1.82) is 0 Å². The van der Waals surface area contributed by atoms with Gasteiger partial charge in [0.05, 0.1) is 10.2 Å². The van der Waals surface area contributed by atoms with E-state index in [1.165, 1.54) is 16.3 Å². The summed E-state index contributed by atoms with van der Waals surface area (Å²) in [6, 6.07) is 20.6. The number of aliphatic hydroxyl groups is 1. The molecule has 3 aromatic carbocycles. The first kappa shape index (κ1) is 12.9. The van der Waals surface area contributed by atoms with Crippen LogP contribution in [0.1, 0.15) is 16.1 Å². The van der Waals surface area contributed by atoms with Crippen molar-refractivity contribution in [2.45, 2.75) is 6.42 Å². The number of aliphatic hydroxyl groups excluding tert-OH is 1. The van der Waals surface area contributed by atoms with Gasteiger partial charge in [0.2, 0.25) is 0 Å². The second-order valence-corrected chi connectivity index (χ2v) is 6.84. The first-order valence-electron chi connectivity index (χ1n) is 7.60. The maximum atomic E-state index is 10.6. The fraction of sp³-hybridized carbons (Fsp3) is 0.0500. The Kier molecular flexibility index (Phi) is 2.61. The standard InChI is InChI=1S/C20H13NOS/c22-19-15-8-4-2-6-13(15)11-16(19)20-21-18-14-7-3-1-5-12(14)9-10-17(18)23-20/h1-10,22H,11H2. The second kappa shape index (κ2) is 4.67. The van der Waals surface area contributed by atoms with Gasteiger partial charge in [-0.15, -0.1) is 11.3 Å². The van der Waals surface area contributed by atoms with E-state index in [4.69, 9.17) is 4.98 Å². The summed E-state index contributed by atoms with van der Waals surface area (Å²) in [4.78, 5) is 4.86. The highest BCUT2D eigenvalue weighted by molar-refractivity contribution is 7.19. The zero-order valence-corrected chi connectivity index (χ0v) is 13.1. The van der Waals surface area contributed by atoms with Gasteiger partial charge in [0, 0.05) is 22.9 Å². The molecule has 0 bridgehead atoms. The molecule has 5 rings (SSSR count). The summed E-state index contributed by atoms with van der Waals surface area (Å²) >= 11 is 1.65. The van der Waals surface area contributed by atoms with Gasteiger partial charge in [0.15, 0.2) is 0 Å². The fourth-order valence-electron chi connectivity index (χ4n) is 3.31. The van der Waals surface area contributed by atoms with Crippen LogP contribution in [0, 0.1) is 0 Å². The number of hydrogen-bond donors (Lipinski definition) is 1. The summed E-state index contributed by atoms with van der Waals surface area (Å²) in [5, 5.41) is 13.9. The van der Waals surface area contributed by atoms with Gasteiger partial charge in [-0.25, -0.2) is 4.98 Å². The predicted octanol–water partition coefficient (Wildman–Crippen LogP) is 5.43. The van der Waals surface area contributed by atoms with Gasteiger partial charge >= 0.3 is 0 Å². The molecule has 0 spiro atoms. The zero-order chi connectivity index (χ0) is 15.4. The third-order valence-electron chi connectivity index (χ3n) is 4.47. The Morgan fingerprint density at radius 2 is 1.74 bits per heavy atom. The number of thiazole rings is 1. The Morgan fingerprint density at radius 1 is 0.913 bits per heavy atom. The summed E-state index contributed by atoms with van der Waals surface area (Å²) in [5.74, 6) is 0.379. The van der Waals surface area contributed by atoms with Crippen molar-refractivity contribution < 1.29 is 5.11 Å². The number of allylic oxidation sites excluding steroid dienone is 1. The van der Waals surface area contributed by atoms with Crippen molar-refractivity contribution >= 4 is 43.7 Å². The molecule has 0 atom stereocenters. The van der Waals surface area contributed by atoms with E-state index in [9.17, 15) is 5.11 Å². The Labute approximate surface area is 137 Å². The van der Waals surface area contributed by atoms with Crippen LogP contribution in [-0.4, -0.2) is 10.1 Å². The molecule has 0 radical (unpaired) electrons. The Hall–Kier alpha value is -2.65.